The summed E-state index contributed by atoms with van der Waals surface area (Å²) < 4.78 is 41.5. The lowest BCUT2D eigenvalue weighted by Crippen LogP contribution is -2.35. The lowest BCUT2D eigenvalue weighted by molar-refractivity contribution is 0.0557. The SMILES string of the molecule is COC[C@@H](c1cccc(C#N)c1)n1c(COC(C)C)nc(O)c(S(=O)(=O)c2ccc(-c3cn(C)nc3C)cc2)c1=O. The molecule has 2 heterocycles. The van der Waals surface area contributed by atoms with E-state index in [4.69, 9.17) is 9.47 Å². The molecule has 4 rings (SSSR count). The monoisotopic (exact) mass is 577 g/mol. The van der Waals surface area contributed by atoms with Crippen molar-refractivity contribution < 1.29 is 23.0 Å². The molecule has 0 aliphatic carbocycles. The van der Waals surface area contributed by atoms with Gasteiger partial charge < -0.3 is 14.6 Å². The van der Waals surface area contributed by atoms with Crippen molar-refractivity contribution in [3.63, 3.8) is 0 Å². The van der Waals surface area contributed by atoms with Gasteiger partial charge in [-0.2, -0.15) is 15.3 Å². The van der Waals surface area contributed by atoms with Crippen LogP contribution in [0.5, 0.6) is 5.88 Å². The molecule has 0 bridgehead atoms. The fourth-order valence-corrected chi connectivity index (χ4v) is 5.90. The number of aryl methyl sites for hydroxylation is 2. The predicted octanol–water partition coefficient (Wildman–Crippen LogP) is 3.52. The third kappa shape index (κ3) is 6.07. The van der Waals surface area contributed by atoms with Crippen LogP contribution in [-0.2, 0) is 33.0 Å². The molecule has 0 aliphatic rings. The maximum Gasteiger partial charge on any atom is 0.277 e. The zero-order valence-electron chi connectivity index (χ0n) is 23.4. The first-order chi connectivity index (χ1) is 19.5. The normalized spacial score (nSPS) is 12.4. The molecule has 0 fully saturated rings. The summed E-state index contributed by atoms with van der Waals surface area (Å²) in [5, 5.41) is 24.6. The quantitative estimate of drug-likeness (QED) is 0.299. The molecule has 0 spiro atoms. The molecule has 0 amide bonds. The fourth-order valence-electron chi connectivity index (χ4n) is 4.56. The van der Waals surface area contributed by atoms with Crippen molar-refractivity contribution in [3.05, 3.63) is 87.7 Å². The maximum absolute atomic E-state index is 14.1. The molecular weight excluding hydrogens is 546 g/mol. The van der Waals surface area contributed by atoms with Gasteiger partial charge in [0.1, 0.15) is 12.4 Å². The first-order valence-electron chi connectivity index (χ1n) is 12.8. The average Bonchev–Trinajstić information content (AvgIpc) is 3.28. The van der Waals surface area contributed by atoms with Crippen LogP contribution >= 0.6 is 0 Å². The number of methoxy groups -OCH3 is 1. The molecule has 1 atom stereocenters. The predicted molar refractivity (Wildman–Crippen MR) is 150 cm³/mol. The Morgan fingerprint density at radius 2 is 1.85 bits per heavy atom. The van der Waals surface area contributed by atoms with Crippen LogP contribution in [0, 0.1) is 18.3 Å². The van der Waals surface area contributed by atoms with Gasteiger partial charge in [0.2, 0.25) is 15.7 Å². The Morgan fingerprint density at radius 1 is 1.15 bits per heavy atom. The molecule has 4 aromatic rings. The van der Waals surface area contributed by atoms with Crippen LogP contribution in [0.2, 0.25) is 0 Å². The summed E-state index contributed by atoms with van der Waals surface area (Å²) in [7, 11) is -1.29. The zero-order chi connectivity index (χ0) is 29.9. The summed E-state index contributed by atoms with van der Waals surface area (Å²) in [6.07, 6.45) is 1.58. The molecule has 0 aliphatic heterocycles. The number of aromatic hydroxyl groups is 1. The number of hydrogen-bond donors (Lipinski definition) is 1. The van der Waals surface area contributed by atoms with Gasteiger partial charge in [-0.15, -0.1) is 0 Å². The van der Waals surface area contributed by atoms with E-state index >= 15 is 0 Å². The largest absolute Gasteiger partial charge is 0.492 e. The molecule has 0 saturated carbocycles. The van der Waals surface area contributed by atoms with E-state index in [9.17, 15) is 23.6 Å². The minimum Gasteiger partial charge on any atom is -0.492 e. The lowest BCUT2D eigenvalue weighted by atomic mass is 10.0. The van der Waals surface area contributed by atoms with Crippen LogP contribution < -0.4 is 5.56 Å². The molecule has 41 heavy (non-hydrogen) atoms. The maximum atomic E-state index is 14.1. The molecule has 0 radical (unpaired) electrons. The Labute approximate surface area is 238 Å². The summed E-state index contributed by atoms with van der Waals surface area (Å²) in [5.41, 5.74) is 2.23. The van der Waals surface area contributed by atoms with Crippen molar-refractivity contribution in [2.24, 2.45) is 7.05 Å². The summed E-state index contributed by atoms with van der Waals surface area (Å²) in [6.45, 7) is 5.20. The van der Waals surface area contributed by atoms with Gasteiger partial charge in [-0.3, -0.25) is 14.0 Å². The summed E-state index contributed by atoms with van der Waals surface area (Å²) in [6, 6.07) is 13.7. The Hall–Kier alpha value is -4.31. The topological polar surface area (TPSA) is 149 Å². The van der Waals surface area contributed by atoms with E-state index in [2.05, 4.69) is 16.2 Å². The molecule has 0 saturated heterocycles. The van der Waals surface area contributed by atoms with Gasteiger partial charge in [0.05, 0.1) is 41.0 Å². The highest BCUT2D eigenvalue weighted by molar-refractivity contribution is 7.91. The van der Waals surface area contributed by atoms with Crippen molar-refractivity contribution in [2.75, 3.05) is 13.7 Å². The van der Waals surface area contributed by atoms with Gasteiger partial charge in [-0.05, 0) is 56.2 Å². The van der Waals surface area contributed by atoms with E-state index in [-0.39, 0.29) is 30.0 Å². The van der Waals surface area contributed by atoms with Crippen LogP contribution in [0.3, 0.4) is 0 Å². The molecule has 12 heteroatoms. The standard InChI is InChI=1S/C29H31N5O6S/c1-18(2)40-17-26-31-28(35)27(29(36)34(26)25(16-39-5)22-8-6-7-20(13-22)14-30)41(37,38)23-11-9-21(10-12-23)24-15-33(4)32-19(24)3/h6-13,15,18,25,35H,16-17H2,1-5H3/t25-/m0/s1. The van der Waals surface area contributed by atoms with Gasteiger partial charge in [0, 0.05) is 25.9 Å². The van der Waals surface area contributed by atoms with Gasteiger partial charge in [0.15, 0.2) is 4.90 Å². The van der Waals surface area contributed by atoms with E-state index < -0.39 is 32.2 Å². The van der Waals surface area contributed by atoms with Gasteiger partial charge in [0.25, 0.3) is 5.56 Å². The summed E-state index contributed by atoms with van der Waals surface area (Å²) >= 11 is 0. The summed E-state index contributed by atoms with van der Waals surface area (Å²) in [5.74, 6) is -0.922. The van der Waals surface area contributed by atoms with E-state index in [0.29, 0.717) is 11.1 Å². The van der Waals surface area contributed by atoms with E-state index in [0.717, 1.165) is 21.4 Å². The van der Waals surface area contributed by atoms with Crippen molar-refractivity contribution in [3.8, 4) is 23.1 Å². The van der Waals surface area contributed by atoms with Crippen LogP contribution in [-0.4, -0.2) is 52.7 Å². The van der Waals surface area contributed by atoms with Crippen LogP contribution in [0.15, 0.2) is 69.3 Å². The summed E-state index contributed by atoms with van der Waals surface area (Å²) in [4.78, 5) is 17.1. The Morgan fingerprint density at radius 3 is 2.44 bits per heavy atom. The van der Waals surface area contributed by atoms with Crippen molar-refractivity contribution in [2.45, 2.75) is 49.3 Å². The zero-order valence-corrected chi connectivity index (χ0v) is 24.2. The van der Waals surface area contributed by atoms with Crippen molar-refractivity contribution >= 4 is 9.84 Å². The van der Waals surface area contributed by atoms with Crippen molar-refractivity contribution in [1.29, 1.82) is 5.26 Å². The van der Waals surface area contributed by atoms with E-state index in [1.807, 2.05) is 13.1 Å². The average molecular weight is 578 g/mol. The highest BCUT2D eigenvalue weighted by Gasteiger charge is 2.32. The first-order valence-corrected chi connectivity index (χ1v) is 14.3. The highest BCUT2D eigenvalue weighted by Crippen LogP contribution is 2.30. The van der Waals surface area contributed by atoms with Gasteiger partial charge >= 0.3 is 0 Å². The van der Waals surface area contributed by atoms with Gasteiger partial charge in [-0.25, -0.2) is 8.42 Å². The molecule has 11 nitrogen and oxygen atoms in total. The smallest absolute Gasteiger partial charge is 0.277 e. The highest BCUT2D eigenvalue weighted by atomic mass is 32.2. The molecule has 0 unspecified atom stereocenters. The van der Waals surface area contributed by atoms with E-state index in [1.165, 1.54) is 19.2 Å². The molecular formula is C29H31N5O6S. The molecule has 1 N–H and O–H groups in total. The number of sulfone groups is 1. The molecule has 214 valence electrons. The minimum absolute atomic E-state index is 0.00645. The first kappa shape index (κ1) is 29.7. The van der Waals surface area contributed by atoms with Crippen molar-refractivity contribution in [1.82, 2.24) is 19.3 Å². The lowest BCUT2D eigenvalue weighted by Gasteiger charge is -2.24. The third-order valence-electron chi connectivity index (χ3n) is 6.47. The number of benzene rings is 2. The Kier molecular flexibility index (Phi) is 8.72. The number of ether oxygens (including phenoxy) is 2. The van der Waals surface area contributed by atoms with Crippen LogP contribution in [0.25, 0.3) is 11.1 Å². The number of rotatable bonds is 10. The number of nitrogens with zero attached hydrogens (tertiary/aromatic N) is 5. The van der Waals surface area contributed by atoms with Crippen LogP contribution in [0.1, 0.15) is 42.5 Å². The molecule has 2 aromatic heterocycles. The minimum atomic E-state index is -4.52. The number of hydrogen-bond acceptors (Lipinski definition) is 9. The number of aromatic nitrogens is 4. The second-order valence-corrected chi connectivity index (χ2v) is 11.6. The van der Waals surface area contributed by atoms with E-state index in [1.54, 1.807) is 62.0 Å². The third-order valence-corrected chi connectivity index (χ3v) is 8.26. The Balaban J connectivity index is 1.90. The van der Waals surface area contributed by atoms with Gasteiger partial charge in [-0.1, -0.05) is 24.3 Å². The Bertz CT molecular complexity index is 1770. The number of nitriles is 1. The fraction of sp³-hybridized carbons (Fsp3) is 0.310. The second kappa shape index (κ2) is 12.1. The van der Waals surface area contributed by atoms with Crippen LogP contribution in [0.4, 0.5) is 0 Å². The second-order valence-electron chi connectivity index (χ2n) is 9.75. The molecule has 2 aromatic carbocycles.